The van der Waals surface area contributed by atoms with Crippen molar-refractivity contribution in [2.24, 2.45) is 5.92 Å². The number of carbonyl (C=O) groups excluding carboxylic acids is 1. The molecule has 1 saturated carbocycles. The number of nitrogens with one attached hydrogen (secondary N) is 1. The van der Waals surface area contributed by atoms with Crippen LogP contribution in [-0.2, 0) is 21.6 Å². The van der Waals surface area contributed by atoms with Crippen molar-refractivity contribution >= 4 is 17.7 Å². The van der Waals surface area contributed by atoms with Crippen molar-refractivity contribution < 1.29 is 14.3 Å². The van der Waals surface area contributed by atoms with E-state index in [-0.39, 0.29) is 17.2 Å². The molecule has 0 spiro atoms. The molecule has 4 aromatic carbocycles. The van der Waals surface area contributed by atoms with Gasteiger partial charge in [0.1, 0.15) is 11.5 Å². The van der Waals surface area contributed by atoms with Crippen LogP contribution in [0.3, 0.4) is 0 Å². The Morgan fingerprint density at radius 1 is 0.854 bits per heavy atom. The van der Waals surface area contributed by atoms with Crippen LogP contribution in [0.2, 0.25) is 0 Å². The summed E-state index contributed by atoms with van der Waals surface area (Å²) in [4.78, 5) is 13.9. The SMILES string of the molecule is CC(C)(C)c1ccc(/C=C(\CCCC2CCCCC2)COCc2ccccc2)cc1NC(=O)CC1c2ccccc2Oc2ccccc21. The normalized spacial score (nSPS) is 15.4. The molecule has 1 aliphatic carbocycles. The van der Waals surface area contributed by atoms with Crippen LogP contribution in [0.25, 0.3) is 6.08 Å². The van der Waals surface area contributed by atoms with Crippen molar-refractivity contribution in [2.75, 3.05) is 11.9 Å². The van der Waals surface area contributed by atoms with Gasteiger partial charge in [-0.15, -0.1) is 0 Å². The number of hydrogen-bond donors (Lipinski definition) is 1. The first kappa shape index (κ1) is 33.7. The minimum Gasteiger partial charge on any atom is -0.457 e. The number of para-hydroxylation sites is 2. The molecule has 0 atom stereocenters. The average molecular weight is 642 g/mol. The van der Waals surface area contributed by atoms with Crippen molar-refractivity contribution in [3.63, 3.8) is 0 Å². The van der Waals surface area contributed by atoms with Crippen LogP contribution < -0.4 is 10.1 Å². The Kier molecular flexibility index (Phi) is 11.1. The Balaban J connectivity index is 1.22. The first-order valence-corrected chi connectivity index (χ1v) is 17.9. The molecule has 2 aliphatic rings. The van der Waals surface area contributed by atoms with Gasteiger partial charge in [-0.05, 0) is 64.6 Å². The summed E-state index contributed by atoms with van der Waals surface area (Å²) in [6.45, 7) is 7.81. The van der Waals surface area contributed by atoms with E-state index in [0.717, 1.165) is 51.8 Å². The second-order valence-electron chi connectivity index (χ2n) is 14.7. The highest BCUT2D eigenvalue weighted by atomic mass is 16.5. The molecular weight excluding hydrogens is 590 g/mol. The smallest absolute Gasteiger partial charge is 0.225 e. The van der Waals surface area contributed by atoms with Gasteiger partial charge in [0.05, 0.1) is 13.2 Å². The van der Waals surface area contributed by atoms with Gasteiger partial charge in [0, 0.05) is 29.2 Å². The molecular formula is C44H51NO3. The van der Waals surface area contributed by atoms with E-state index in [1.807, 2.05) is 42.5 Å². The number of ether oxygens (including phenoxy) is 2. The van der Waals surface area contributed by atoms with Crippen LogP contribution in [0.4, 0.5) is 5.69 Å². The van der Waals surface area contributed by atoms with E-state index in [4.69, 9.17) is 9.47 Å². The number of carbonyl (C=O) groups is 1. The van der Waals surface area contributed by atoms with Gasteiger partial charge in [-0.1, -0.05) is 144 Å². The molecule has 0 aromatic heterocycles. The molecule has 6 rings (SSSR count). The monoisotopic (exact) mass is 641 g/mol. The lowest BCUT2D eigenvalue weighted by Gasteiger charge is -2.28. The fourth-order valence-electron chi connectivity index (χ4n) is 7.41. The Hall–Kier alpha value is -4.15. The first-order chi connectivity index (χ1) is 23.3. The van der Waals surface area contributed by atoms with Crippen molar-refractivity contribution in [2.45, 2.75) is 96.5 Å². The standard InChI is InChI=1S/C44H51NO3/c1-44(2,3)39-26-25-34(27-35(20-14-19-32-15-6-4-7-16-32)31-47-30-33-17-8-5-9-18-33)28-40(39)45-43(46)29-38-36-21-10-12-23-41(36)48-42-24-13-11-22-37(38)42/h5,8-13,17-18,21-28,32,38H,4,6-7,14-16,19-20,29-31H2,1-3H3,(H,45,46)/b35-27+. The molecule has 250 valence electrons. The van der Waals surface area contributed by atoms with Crippen LogP contribution in [0.1, 0.15) is 112 Å². The summed E-state index contributed by atoms with van der Waals surface area (Å²) in [5, 5.41) is 3.35. The Morgan fingerprint density at radius 3 is 2.21 bits per heavy atom. The van der Waals surface area contributed by atoms with Crippen LogP contribution in [0, 0.1) is 5.92 Å². The predicted molar refractivity (Wildman–Crippen MR) is 198 cm³/mol. The van der Waals surface area contributed by atoms with Gasteiger partial charge in [-0.2, -0.15) is 0 Å². The van der Waals surface area contributed by atoms with Gasteiger partial charge < -0.3 is 14.8 Å². The average Bonchev–Trinajstić information content (AvgIpc) is 3.08. The molecule has 1 amide bonds. The van der Waals surface area contributed by atoms with Gasteiger partial charge in [-0.3, -0.25) is 4.79 Å². The Labute approximate surface area is 287 Å². The zero-order valence-electron chi connectivity index (χ0n) is 29.0. The lowest BCUT2D eigenvalue weighted by atomic mass is 9.84. The predicted octanol–water partition coefficient (Wildman–Crippen LogP) is 11.6. The molecule has 1 fully saturated rings. The maximum absolute atomic E-state index is 13.9. The molecule has 0 unspecified atom stereocenters. The second-order valence-corrected chi connectivity index (χ2v) is 14.7. The van der Waals surface area contributed by atoms with Crippen molar-refractivity contribution in [3.8, 4) is 11.5 Å². The minimum absolute atomic E-state index is 0.00274. The van der Waals surface area contributed by atoms with Crippen LogP contribution in [0.5, 0.6) is 11.5 Å². The van der Waals surface area contributed by atoms with Gasteiger partial charge in [-0.25, -0.2) is 0 Å². The largest absolute Gasteiger partial charge is 0.457 e. The molecule has 0 saturated heterocycles. The third kappa shape index (κ3) is 8.85. The molecule has 1 N–H and O–H groups in total. The summed E-state index contributed by atoms with van der Waals surface area (Å²) in [7, 11) is 0. The molecule has 1 heterocycles. The van der Waals surface area contributed by atoms with Gasteiger partial charge in [0.2, 0.25) is 5.91 Å². The van der Waals surface area contributed by atoms with Crippen LogP contribution in [0.15, 0.2) is 103 Å². The minimum atomic E-state index is -0.135. The van der Waals surface area contributed by atoms with E-state index in [0.29, 0.717) is 19.6 Å². The fourth-order valence-corrected chi connectivity index (χ4v) is 7.41. The lowest BCUT2D eigenvalue weighted by molar-refractivity contribution is -0.116. The molecule has 0 bridgehead atoms. The summed E-state index contributed by atoms with van der Waals surface area (Å²) in [6, 6.07) is 33.1. The zero-order valence-corrected chi connectivity index (χ0v) is 29.0. The van der Waals surface area contributed by atoms with Gasteiger partial charge >= 0.3 is 0 Å². The van der Waals surface area contributed by atoms with Gasteiger partial charge in [0.15, 0.2) is 0 Å². The fraction of sp³-hybridized carbons (Fsp3) is 0.386. The number of rotatable bonds is 12. The van der Waals surface area contributed by atoms with E-state index >= 15 is 0 Å². The Bertz CT molecular complexity index is 1650. The number of fused-ring (bicyclic) bond motifs is 2. The lowest BCUT2D eigenvalue weighted by Crippen LogP contribution is -2.22. The topological polar surface area (TPSA) is 47.6 Å². The Morgan fingerprint density at radius 2 is 1.52 bits per heavy atom. The van der Waals surface area contributed by atoms with E-state index in [9.17, 15) is 4.79 Å². The van der Waals surface area contributed by atoms with E-state index < -0.39 is 0 Å². The summed E-state index contributed by atoms with van der Waals surface area (Å²) in [6.07, 6.45) is 13.1. The maximum Gasteiger partial charge on any atom is 0.225 e. The summed E-state index contributed by atoms with van der Waals surface area (Å²) >= 11 is 0. The second kappa shape index (κ2) is 15.8. The van der Waals surface area contributed by atoms with Crippen molar-refractivity contribution in [1.29, 1.82) is 0 Å². The summed E-state index contributed by atoms with van der Waals surface area (Å²) in [5.74, 6) is 2.43. The summed E-state index contributed by atoms with van der Waals surface area (Å²) in [5.41, 5.74) is 7.55. The van der Waals surface area contributed by atoms with E-state index in [1.54, 1.807) is 0 Å². The molecule has 0 radical (unpaired) electrons. The van der Waals surface area contributed by atoms with E-state index in [1.165, 1.54) is 56.1 Å². The highest BCUT2D eigenvalue weighted by Crippen LogP contribution is 2.45. The molecule has 1 aliphatic heterocycles. The quantitative estimate of drug-likeness (QED) is 0.167. The van der Waals surface area contributed by atoms with Crippen molar-refractivity contribution in [3.05, 3.63) is 130 Å². The summed E-state index contributed by atoms with van der Waals surface area (Å²) < 4.78 is 12.5. The molecule has 4 heteroatoms. The number of benzene rings is 4. The molecule has 48 heavy (non-hydrogen) atoms. The molecule has 4 nitrogen and oxygen atoms in total. The first-order valence-electron chi connectivity index (χ1n) is 17.9. The maximum atomic E-state index is 13.9. The molecule has 4 aromatic rings. The number of hydrogen-bond acceptors (Lipinski definition) is 3. The highest BCUT2D eigenvalue weighted by Gasteiger charge is 2.29. The third-order valence-corrected chi connectivity index (χ3v) is 9.93. The number of amides is 1. The van der Waals surface area contributed by atoms with Gasteiger partial charge in [0.25, 0.3) is 0 Å². The van der Waals surface area contributed by atoms with Crippen molar-refractivity contribution in [1.82, 2.24) is 0 Å². The third-order valence-electron chi connectivity index (χ3n) is 9.93. The van der Waals surface area contributed by atoms with Crippen LogP contribution in [-0.4, -0.2) is 12.5 Å². The highest BCUT2D eigenvalue weighted by molar-refractivity contribution is 5.93. The zero-order chi connectivity index (χ0) is 33.3. The number of anilines is 1. The van der Waals surface area contributed by atoms with E-state index in [2.05, 4.69) is 86.8 Å². The van der Waals surface area contributed by atoms with Crippen LogP contribution >= 0.6 is 0 Å².